The molecule has 2 N–H and O–H groups in total. The third-order valence-corrected chi connectivity index (χ3v) is 7.71. The van der Waals surface area contributed by atoms with Crippen molar-refractivity contribution in [3.05, 3.63) is 23.5 Å². The van der Waals surface area contributed by atoms with E-state index >= 15 is 0 Å². The lowest BCUT2D eigenvalue weighted by atomic mass is 10.1. The molecule has 2 aliphatic rings. The summed E-state index contributed by atoms with van der Waals surface area (Å²) in [7, 11) is 0. The molecule has 1 aliphatic carbocycles. The highest BCUT2D eigenvalue weighted by atomic mass is 32.2. The first-order valence-corrected chi connectivity index (χ1v) is 12.0. The third-order valence-electron chi connectivity index (χ3n) is 5.73. The Balaban J connectivity index is 1.58. The van der Waals surface area contributed by atoms with Crippen LogP contribution < -0.4 is 14.9 Å². The molecule has 2 atom stereocenters. The van der Waals surface area contributed by atoms with Gasteiger partial charge in [0, 0.05) is 41.8 Å². The van der Waals surface area contributed by atoms with Gasteiger partial charge in [-0.3, -0.25) is 9.12 Å². The van der Waals surface area contributed by atoms with Crippen molar-refractivity contribution in [1.29, 1.82) is 0 Å². The van der Waals surface area contributed by atoms with Gasteiger partial charge in [-0.15, -0.1) is 10.2 Å². The lowest BCUT2D eigenvalue weighted by Crippen LogP contribution is -2.54. The molecule has 3 aromatic heterocycles. The van der Waals surface area contributed by atoms with E-state index in [1.807, 2.05) is 10.6 Å². The molecule has 1 saturated heterocycles. The van der Waals surface area contributed by atoms with Gasteiger partial charge in [-0.2, -0.15) is 0 Å². The zero-order valence-electron chi connectivity index (χ0n) is 17.6. The van der Waals surface area contributed by atoms with Crippen LogP contribution in [-0.2, 0) is 0 Å². The highest BCUT2D eigenvalue weighted by Crippen LogP contribution is 2.39. The van der Waals surface area contributed by atoms with Gasteiger partial charge in [0.05, 0.1) is 17.4 Å². The molecule has 3 aromatic rings. The van der Waals surface area contributed by atoms with Crippen molar-refractivity contribution in [2.45, 2.75) is 62.6 Å². The molecule has 0 bridgehead atoms. The topological polar surface area (TPSA) is 70.4 Å². The number of piperazine rings is 1. The third kappa shape index (κ3) is 4.28. The minimum absolute atomic E-state index is 0.182. The van der Waals surface area contributed by atoms with E-state index in [1.54, 1.807) is 18.1 Å². The van der Waals surface area contributed by atoms with Crippen LogP contribution >= 0.6 is 23.3 Å². The quantitative estimate of drug-likeness (QED) is 0.531. The Labute approximate surface area is 187 Å². The average Bonchev–Trinajstić information content (AvgIpc) is 3.12. The van der Waals surface area contributed by atoms with E-state index in [9.17, 15) is 8.78 Å². The Kier molecular flexibility index (Phi) is 5.40. The van der Waals surface area contributed by atoms with Crippen molar-refractivity contribution >= 4 is 34.5 Å². The minimum atomic E-state index is -2.63. The molecule has 2 unspecified atom stereocenters. The summed E-state index contributed by atoms with van der Waals surface area (Å²) in [5, 5.41) is 11.3. The molecule has 1 saturated carbocycles. The Morgan fingerprint density at radius 1 is 1.26 bits per heavy atom. The summed E-state index contributed by atoms with van der Waals surface area (Å²) in [6.07, 6.45) is 3.50. The summed E-state index contributed by atoms with van der Waals surface area (Å²) in [5.74, 6) is 0.539. The number of hydrogen-bond acceptors (Lipinski definition) is 8. The minimum Gasteiger partial charge on any atom is -0.367 e. The van der Waals surface area contributed by atoms with Crippen LogP contribution in [0.3, 0.4) is 0 Å². The average molecular weight is 466 g/mol. The second kappa shape index (κ2) is 7.95. The molecule has 0 amide bonds. The van der Waals surface area contributed by atoms with Crippen LogP contribution in [0.5, 0.6) is 0 Å². The Morgan fingerprint density at radius 2 is 2.00 bits per heavy atom. The summed E-state index contributed by atoms with van der Waals surface area (Å²) < 4.78 is 31.6. The van der Waals surface area contributed by atoms with Crippen LogP contribution in [0.4, 0.5) is 14.5 Å². The Bertz CT molecular complexity index is 1080. The summed E-state index contributed by atoms with van der Waals surface area (Å²) in [5.41, 5.74) is 2.21. The second-order valence-corrected chi connectivity index (χ2v) is 10.7. The number of imidazole rings is 1. The standard InChI is InChI=1S/C20H25F2N7S2/c1-11-8-28(9-12(2)24-11)14-6-13(31-27-20(3)4-5-20)10-29-15(14)7-23-17(29)19-26-25-18(30-19)16(21)22/h6-7,10-12,16,24,27H,4-5,8-9H2,1-3H3. The van der Waals surface area contributed by atoms with E-state index in [-0.39, 0.29) is 10.5 Å². The predicted molar refractivity (Wildman–Crippen MR) is 120 cm³/mol. The fourth-order valence-electron chi connectivity index (χ4n) is 3.93. The number of hydrogen-bond donors (Lipinski definition) is 2. The van der Waals surface area contributed by atoms with Crippen LogP contribution in [0.25, 0.3) is 16.3 Å². The number of halogens is 2. The molecule has 1 aliphatic heterocycles. The molecule has 0 radical (unpaired) electrons. The zero-order valence-corrected chi connectivity index (χ0v) is 19.2. The van der Waals surface area contributed by atoms with Crippen LogP contribution in [0.2, 0.25) is 0 Å². The van der Waals surface area contributed by atoms with E-state index in [1.165, 1.54) is 12.8 Å². The molecule has 0 spiro atoms. The lowest BCUT2D eigenvalue weighted by Gasteiger charge is -2.38. The van der Waals surface area contributed by atoms with Gasteiger partial charge in [-0.05, 0) is 51.6 Å². The summed E-state index contributed by atoms with van der Waals surface area (Å²) in [6, 6.07) is 2.92. The van der Waals surface area contributed by atoms with E-state index < -0.39 is 6.43 Å². The summed E-state index contributed by atoms with van der Waals surface area (Å²) >= 11 is 2.50. The number of nitrogens with one attached hydrogen (secondary N) is 2. The number of alkyl halides is 2. The van der Waals surface area contributed by atoms with Gasteiger partial charge in [-0.25, -0.2) is 13.8 Å². The van der Waals surface area contributed by atoms with Gasteiger partial charge in [-0.1, -0.05) is 11.3 Å². The number of nitrogens with zero attached hydrogens (tertiary/aromatic N) is 5. The predicted octanol–water partition coefficient (Wildman–Crippen LogP) is 4.13. The molecule has 2 fully saturated rings. The van der Waals surface area contributed by atoms with Crippen molar-refractivity contribution in [3.8, 4) is 10.8 Å². The normalized spacial score (nSPS) is 23.1. The summed E-state index contributed by atoms with van der Waals surface area (Å²) in [6.45, 7) is 8.35. The maximum atomic E-state index is 13.1. The van der Waals surface area contributed by atoms with Crippen LogP contribution in [0, 0.1) is 0 Å². The van der Waals surface area contributed by atoms with Crippen molar-refractivity contribution in [2.75, 3.05) is 18.0 Å². The number of rotatable bonds is 6. The van der Waals surface area contributed by atoms with Crippen molar-refractivity contribution in [1.82, 2.24) is 29.6 Å². The zero-order chi connectivity index (χ0) is 21.8. The van der Waals surface area contributed by atoms with Crippen molar-refractivity contribution in [3.63, 3.8) is 0 Å². The van der Waals surface area contributed by atoms with Crippen LogP contribution in [0.15, 0.2) is 23.4 Å². The molecule has 31 heavy (non-hydrogen) atoms. The van der Waals surface area contributed by atoms with Crippen LogP contribution in [0.1, 0.15) is 45.0 Å². The van der Waals surface area contributed by atoms with E-state index in [0.29, 0.717) is 22.9 Å². The Hall–Kier alpha value is -1.82. The van der Waals surface area contributed by atoms with Crippen molar-refractivity contribution < 1.29 is 8.78 Å². The van der Waals surface area contributed by atoms with Crippen LogP contribution in [-0.4, -0.2) is 50.3 Å². The molecular formula is C20H25F2N7S2. The van der Waals surface area contributed by atoms with Gasteiger partial charge < -0.3 is 10.2 Å². The number of anilines is 1. The Morgan fingerprint density at radius 3 is 2.65 bits per heavy atom. The molecular weight excluding hydrogens is 440 g/mol. The first-order chi connectivity index (χ1) is 14.8. The largest absolute Gasteiger partial charge is 0.367 e. The van der Waals surface area contributed by atoms with Gasteiger partial charge in [0.1, 0.15) is 0 Å². The molecule has 166 valence electrons. The fourth-order valence-corrected chi connectivity index (χ4v) is 5.52. The maximum absolute atomic E-state index is 13.1. The number of pyridine rings is 1. The number of aromatic nitrogens is 4. The van der Waals surface area contributed by atoms with E-state index in [0.717, 1.165) is 40.5 Å². The SMILES string of the molecule is CC1CN(c2cc(SNC3(C)CC3)cn3c(-c4nnc(C(F)F)s4)ncc23)CC(C)N1. The first-order valence-electron chi connectivity index (χ1n) is 10.4. The second-order valence-electron chi connectivity index (χ2n) is 8.78. The molecule has 7 nitrogen and oxygen atoms in total. The lowest BCUT2D eigenvalue weighted by molar-refractivity contribution is 0.150. The first kappa shape index (κ1) is 21.0. The maximum Gasteiger partial charge on any atom is 0.291 e. The van der Waals surface area contributed by atoms with Gasteiger partial charge in [0.25, 0.3) is 6.43 Å². The summed E-state index contributed by atoms with van der Waals surface area (Å²) in [4.78, 5) is 7.97. The molecule has 5 rings (SSSR count). The smallest absolute Gasteiger partial charge is 0.291 e. The highest BCUT2D eigenvalue weighted by molar-refractivity contribution is 7.97. The fraction of sp³-hybridized carbons (Fsp3) is 0.550. The van der Waals surface area contributed by atoms with E-state index in [4.69, 9.17) is 0 Å². The van der Waals surface area contributed by atoms with Gasteiger partial charge in [0.15, 0.2) is 15.8 Å². The molecule has 11 heteroatoms. The van der Waals surface area contributed by atoms with E-state index in [2.05, 4.69) is 57.0 Å². The highest BCUT2D eigenvalue weighted by Gasteiger charge is 2.37. The number of fused-ring (bicyclic) bond motifs is 1. The van der Waals surface area contributed by atoms with Crippen molar-refractivity contribution in [2.24, 2.45) is 0 Å². The van der Waals surface area contributed by atoms with Gasteiger partial charge >= 0.3 is 0 Å². The van der Waals surface area contributed by atoms with Gasteiger partial charge in [0.2, 0.25) is 0 Å². The molecule has 4 heterocycles. The monoisotopic (exact) mass is 465 g/mol. The molecule has 0 aromatic carbocycles.